The zero-order valence-electron chi connectivity index (χ0n) is 36.9. The van der Waals surface area contributed by atoms with Crippen molar-refractivity contribution in [3.8, 4) is 84.4 Å². The van der Waals surface area contributed by atoms with Crippen LogP contribution in [-0.2, 0) is 5.41 Å². The Labute approximate surface area is 394 Å². The summed E-state index contributed by atoms with van der Waals surface area (Å²) in [7, 11) is 0. The normalized spacial score (nSPS) is 14.2. The third-order valence-electron chi connectivity index (χ3n) is 14.3. The summed E-state index contributed by atoms with van der Waals surface area (Å²) in [6, 6.07) is 87.5. The van der Waals surface area contributed by atoms with Gasteiger partial charge in [0.25, 0.3) is 0 Å². The van der Waals surface area contributed by atoms with Crippen LogP contribution in [0.2, 0.25) is 0 Å². The predicted octanol–water partition coefficient (Wildman–Crippen LogP) is 15.6. The van der Waals surface area contributed by atoms with Crippen molar-refractivity contribution in [1.82, 2.24) is 19.5 Å². The summed E-state index contributed by atoms with van der Waals surface area (Å²) in [6.45, 7) is 0. The molecule has 1 aliphatic carbocycles. The average Bonchev–Trinajstić information content (AvgIpc) is 3.92. The zero-order valence-corrected chi connectivity index (χ0v) is 36.9. The third kappa shape index (κ3) is 5.64. The van der Waals surface area contributed by atoms with E-state index < -0.39 is 5.41 Å². The molecule has 0 unspecified atom stereocenters. The fourth-order valence-electron chi connectivity index (χ4n) is 11.4. The lowest BCUT2D eigenvalue weighted by molar-refractivity contribution is 0.748. The van der Waals surface area contributed by atoms with E-state index in [4.69, 9.17) is 15.0 Å². The summed E-state index contributed by atoms with van der Waals surface area (Å²) < 4.78 is 2.50. The first kappa shape index (κ1) is 38.3. The smallest absolute Gasteiger partial charge is 0.164 e. The molecule has 0 N–H and O–H groups in total. The first-order chi connectivity index (χ1) is 33.7. The molecule has 4 heteroatoms. The van der Waals surface area contributed by atoms with Gasteiger partial charge >= 0.3 is 0 Å². The predicted molar refractivity (Wildman–Crippen MR) is 278 cm³/mol. The maximum atomic E-state index is 5.26. The Kier molecular flexibility index (Phi) is 8.46. The van der Waals surface area contributed by atoms with Gasteiger partial charge < -0.3 is 4.57 Å². The molecule has 2 aromatic heterocycles. The van der Waals surface area contributed by atoms with Crippen LogP contribution >= 0.6 is 0 Å². The van der Waals surface area contributed by atoms with E-state index in [2.05, 4.69) is 229 Å². The van der Waals surface area contributed by atoms with Crippen LogP contribution in [-0.4, -0.2) is 19.5 Å². The number of nitrogens with zero attached hydrogens (tertiary/aromatic N) is 4. The van der Waals surface area contributed by atoms with E-state index in [-0.39, 0.29) is 0 Å². The van der Waals surface area contributed by atoms with Crippen molar-refractivity contribution in [3.05, 3.63) is 265 Å². The monoisotopic (exact) mass is 864 g/mol. The highest BCUT2D eigenvalue weighted by Crippen LogP contribution is 2.62. The summed E-state index contributed by atoms with van der Waals surface area (Å²) in [6.07, 6.45) is 0. The average molecular weight is 865 g/mol. The molecule has 0 saturated carbocycles. The molecule has 316 valence electrons. The molecular weight excluding hydrogens is 825 g/mol. The fraction of sp³-hybridized carbons (Fsp3) is 0.0156. The molecule has 1 spiro atoms. The maximum Gasteiger partial charge on any atom is 0.164 e. The molecule has 12 aromatic rings. The Balaban J connectivity index is 0.925. The molecule has 3 heterocycles. The Morgan fingerprint density at radius 1 is 0.294 bits per heavy atom. The number of benzene rings is 10. The van der Waals surface area contributed by atoms with E-state index >= 15 is 0 Å². The van der Waals surface area contributed by atoms with Crippen LogP contribution < -0.4 is 0 Å². The summed E-state index contributed by atoms with van der Waals surface area (Å²) >= 11 is 0. The van der Waals surface area contributed by atoms with Gasteiger partial charge in [0, 0.05) is 27.5 Å². The molecule has 1 aliphatic heterocycles. The molecule has 14 rings (SSSR count). The molecule has 0 radical (unpaired) electrons. The quantitative estimate of drug-likeness (QED) is 0.167. The molecule has 0 bridgehead atoms. The van der Waals surface area contributed by atoms with Crippen LogP contribution in [0, 0.1) is 0 Å². The SMILES string of the molecule is c1ccc(-c2ccc(-c3cccc(-c4nc(-c5ccccc5)nc(-c5cccc(-c6cccc7c6-c6ccccc6[C@@]76c7ccccc7-n7c8ccccc8c8cccc6c87)c5)n4)c3)cc2)cc1. The molecule has 68 heavy (non-hydrogen) atoms. The number of aromatic nitrogens is 4. The molecule has 2 aliphatic rings. The van der Waals surface area contributed by atoms with Gasteiger partial charge in [-0.25, -0.2) is 15.0 Å². The maximum absolute atomic E-state index is 5.26. The molecule has 0 amide bonds. The van der Waals surface area contributed by atoms with Gasteiger partial charge in [-0.05, 0) is 91.0 Å². The molecular formula is C64H40N4. The molecule has 1 atom stereocenters. The van der Waals surface area contributed by atoms with Crippen molar-refractivity contribution in [3.63, 3.8) is 0 Å². The molecule has 0 fully saturated rings. The van der Waals surface area contributed by atoms with E-state index in [0.29, 0.717) is 17.5 Å². The third-order valence-corrected chi connectivity index (χ3v) is 14.3. The van der Waals surface area contributed by atoms with Crippen LogP contribution in [0.25, 0.3) is 106 Å². The second-order valence-electron chi connectivity index (χ2n) is 17.9. The number of hydrogen-bond donors (Lipinski definition) is 0. The highest BCUT2D eigenvalue weighted by molar-refractivity contribution is 6.13. The number of rotatable bonds is 6. The van der Waals surface area contributed by atoms with Crippen molar-refractivity contribution in [1.29, 1.82) is 0 Å². The summed E-state index contributed by atoms with van der Waals surface area (Å²) in [5, 5.41) is 2.55. The Hall–Kier alpha value is -8.99. The van der Waals surface area contributed by atoms with Crippen LogP contribution in [0.15, 0.2) is 243 Å². The van der Waals surface area contributed by atoms with E-state index in [0.717, 1.165) is 33.4 Å². The van der Waals surface area contributed by atoms with Crippen LogP contribution in [0.1, 0.15) is 22.3 Å². The molecule has 0 saturated heterocycles. The van der Waals surface area contributed by atoms with Gasteiger partial charge in [0.15, 0.2) is 17.5 Å². The van der Waals surface area contributed by atoms with Crippen LogP contribution in [0.3, 0.4) is 0 Å². The standard InChI is InChI=1S/C64H40N4/c1-3-17-41(18-4-1)42-35-37-43(38-36-42)45-21-13-23-47(39-45)62-65-61(44-19-5-2-6-20-44)66-63(67-62)48-24-14-22-46(40-48)49-27-15-31-55-59(49)52-26-7-9-29-53(52)64(55)54-30-10-12-34-58(54)68-57-33-11-8-25-50(57)51-28-16-32-56(64)60(51)68/h1-40H/t64-/m1/s1. The Bertz CT molecular complexity index is 3960. The van der Waals surface area contributed by atoms with E-state index in [1.54, 1.807) is 0 Å². The van der Waals surface area contributed by atoms with Crippen molar-refractivity contribution < 1.29 is 0 Å². The molecule has 4 nitrogen and oxygen atoms in total. The van der Waals surface area contributed by atoms with Gasteiger partial charge in [0.05, 0.1) is 22.1 Å². The number of fused-ring (bicyclic) bond motifs is 12. The zero-order chi connectivity index (χ0) is 44.8. The summed E-state index contributed by atoms with van der Waals surface area (Å²) in [5.74, 6) is 1.88. The first-order valence-electron chi connectivity index (χ1n) is 23.3. The minimum Gasteiger partial charge on any atom is -0.309 e. The second kappa shape index (κ2) is 15.0. The molecule has 10 aromatic carbocycles. The number of para-hydroxylation sites is 3. The van der Waals surface area contributed by atoms with E-state index in [9.17, 15) is 0 Å². The fourth-order valence-corrected chi connectivity index (χ4v) is 11.4. The van der Waals surface area contributed by atoms with Gasteiger partial charge in [-0.2, -0.15) is 0 Å². The highest BCUT2D eigenvalue weighted by atomic mass is 15.0. The lowest BCUT2D eigenvalue weighted by Crippen LogP contribution is -2.33. The van der Waals surface area contributed by atoms with Crippen molar-refractivity contribution in [2.75, 3.05) is 0 Å². The minimum absolute atomic E-state index is 0.536. The van der Waals surface area contributed by atoms with Gasteiger partial charge in [0.1, 0.15) is 0 Å². The van der Waals surface area contributed by atoms with Gasteiger partial charge in [-0.15, -0.1) is 0 Å². The van der Waals surface area contributed by atoms with Crippen molar-refractivity contribution in [2.24, 2.45) is 0 Å². The van der Waals surface area contributed by atoms with Crippen LogP contribution in [0.5, 0.6) is 0 Å². The van der Waals surface area contributed by atoms with E-state index in [1.807, 2.05) is 18.2 Å². The van der Waals surface area contributed by atoms with Crippen LogP contribution in [0.4, 0.5) is 0 Å². The van der Waals surface area contributed by atoms with E-state index in [1.165, 1.54) is 77.6 Å². The van der Waals surface area contributed by atoms with Crippen molar-refractivity contribution >= 4 is 21.8 Å². The second-order valence-corrected chi connectivity index (χ2v) is 17.9. The van der Waals surface area contributed by atoms with Crippen molar-refractivity contribution in [2.45, 2.75) is 5.41 Å². The highest BCUT2D eigenvalue weighted by Gasteiger charge is 2.51. The lowest BCUT2D eigenvalue weighted by atomic mass is 9.65. The van der Waals surface area contributed by atoms with Gasteiger partial charge in [-0.1, -0.05) is 218 Å². The summed E-state index contributed by atoms with van der Waals surface area (Å²) in [5.41, 5.74) is 20.6. The lowest BCUT2D eigenvalue weighted by Gasteiger charge is -2.39. The summed E-state index contributed by atoms with van der Waals surface area (Å²) in [4.78, 5) is 15.6. The largest absolute Gasteiger partial charge is 0.309 e. The minimum atomic E-state index is -0.536. The van der Waals surface area contributed by atoms with Gasteiger partial charge in [-0.3, -0.25) is 0 Å². The Morgan fingerprint density at radius 2 is 0.765 bits per heavy atom. The van der Waals surface area contributed by atoms with Gasteiger partial charge in [0.2, 0.25) is 0 Å². The number of hydrogen-bond acceptors (Lipinski definition) is 3. The Morgan fingerprint density at radius 3 is 1.53 bits per heavy atom. The topological polar surface area (TPSA) is 43.6 Å². The first-order valence-corrected chi connectivity index (χ1v) is 23.3.